The number of aromatic nitrogens is 1. The van der Waals surface area contributed by atoms with Gasteiger partial charge in [0.25, 0.3) is 0 Å². The van der Waals surface area contributed by atoms with Gasteiger partial charge in [-0.05, 0) is 18.6 Å². The number of carbonyl (C=O) groups is 1. The molecule has 0 fully saturated rings. The Labute approximate surface area is 95.2 Å². The van der Waals surface area contributed by atoms with Gasteiger partial charge >= 0.3 is 5.97 Å². The molecule has 0 unspecified atom stereocenters. The Hall–Kier alpha value is -1.78. The Kier molecular flexibility index (Phi) is 4.57. The highest BCUT2D eigenvalue weighted by Crippen LogP contribution is 2.11. The minimum Gasteiger partial charge on any atom is -0.469 e. The lowest BCUT2D eigenvalue weighted by Crippen LogP contribution is -2.20. The highest BCUT2D eigenvalue weighted by Gasteiger charge is 2.04. The number of anilines is 2. The summed E-state index contributed by atoms with van der Waals surface area (Å²) < 4.78 is 4.56. The number of hydrogen-bond acceptors (Lipinski definition) is 5. The third-order valence-corrected chi connectivity index (χ3v) is 2.26. The zero-order valence-electron chi connectivity index (χ0n) is 9.64. The van der Waals surface area contributed by atoms with Crippen molar-refractivity contribution >= 4 is 17.5 Å². The number of esters is 1. The monoisotopic (exact) mass is 223 g/mol. The maximum absolute atomic E-state index is 10.9. The van der Waals surface area contributed by atoms with Gasteiger partial charge in [-0.15, -0.1) is 0 Å². The summed E-state index contributed by atoms with van der Waals surface area (Å²) in [7, 11) is 3.32. The summed E-state index contributed by atoms with van der Waals surface area (Å²) >= 11 is 0. The van der Waals surface area contributed by atoms with Gasteiger partial charge in [0.15, 0.2) is 0 Å². The van der Waals surface area contributed by atoms with Crippen LogP contribution in [0.15, 0.2) is 18.3 Å². The van der Waals surface area contributed by atoms with Crippen LogP contribution >= 0.6 is 0 Å². The van der Waals surface area contributed by atoms with E-state index >= 15 is 0 Å². The van der Waals surface area contributed by atoms with Gasteiger partial charge in [-0.1, -0.05) is 0 Å². The first-order chi connectivity index (χ1) is 7.63. The summed E-state index contributed by atoms with van der Waals surface area (Å²) in [5.74, 6) is 0.665. The number of rotatable bonds is 5. The molecule has 0 radical (unpaired) electrons. The van der Waals surface area contributed by atoms with Crippen LogP contribution in [0.4, 0.5) is 11.5 Å². The quantitative estimate of drug-likeness (QED) is 0.756. The lowest BCUT2D eigenvalue weighted by atomic mass is 10.3. The molecule has 0 amide bonds. The molecule has 1 aromatic heterocycles. The molecule has 0 saturated heterocycles. The third-order valence-electron chi connectivity index (χ3n) is 2.26. The van der Waals surface area contributed by atoms with E-state index in [4.69, 9.17) is 5.73 Å². The Bertz CT molecular complexity index is 338. The predicted octanol–water partition coefficient (Wildman–Crippen LogP) is 1.05. The highest BCUT2D eigenvalue weighted by atomic mass is 16.5. The van der Waals surface area contributed by atoms with E-state index in [0.717, 1.165) is 18.8 Å². The van der Waals surface area contributed by atoms with Crippen molar-refractivity contribution in [2.75, 3.05) is 31.3 Å². The van der Waals surface area contributed by atoms with Gasteiger partial charge < -0.3 is 15.4 Å². The molecular formula is C11H17N3O2. The number of methoxy groups -OCH3 is 1. The fourth-order valence-electron chi connectivity index (χ4n) is 1.30. The molecule has 0 atom stereocenters. The molecule has 0 spiro atoms. The van der Waals surface area contributed by atoms with E-state index in [2.05, 4.69) is 9.72 Å². The van der Waals surface area contributed by atoms with E-state index in [0.29, 0.717) is 12.1 Å². The molecule has 88 valence electrons. The summed E-state index contributed by atoms with van der Waals surface area (Å²) in [5, 5.41) is 0. The van der Waals surface area contributed by atoms with Crippen molar-refractivity contribution < 1.29 is 9.53 Å². The van der Waals surface area contributed by atoms with Crippen LogP contribution in [0.3, 0.4) is 0 Å². The molecule has 1 aromatic rings. The minimum atomic E-state index is -0.182. The van der Waals surface area contributed by atoms with Crippen LogP contribution in [-0.4, -0.2) is 31.7 Å². The van der Waals surface area contributed by atoms with Crippen LogP contribution in [0, 0.1) is 0 Å². The average Bonchev–Trinajstić information content (AvgIpc) is 2.29. The second-order valence-electron chi connectivity index (χ2n) is 3.55. The van der Waals surface area contributed by atoms with E-state index < -0.39 is 0 Å². The maximum Gasteiger partial charge on any atom is 0.305 e. The fourth-order valence-corrected chi connectivity index (χ4v) is 1.30. The second-order valence-corrected chi connectivity index (χ2v) is 3.55. The van der Waals surface area contributed by atoms with Gasteiger partial charge in [0.1, 0.15) is 5.82 Å². The number of carbonyl (C=O) groups excluding carboxylic acids is 1. The van der Waals surface area contributed by atoms with Gasteiger partial charge in [-0.3, -0.25) is 4.79 Å². The lowest BCUT2D eigenvalue weighted by molar-refractivity contribution is -0.140. The number of ether oxygens (including phenoxy) is 1. The van der Waals surface area contributed by atoms with Crippen molar-refractivity contribution in [2.45, 2.75) is 12.8 Å². The first-order valence-electron chi connectivity index (χ1n) is 5.13. The molecule has 0 bridgehead atoms. The molecule has 0 aliphatic carbocycles. The van der Waals surface area contributed by atoms with Gasteiger partial charge in [0, 0.05) is 20.0 Å². The van der Waals surface area contributed by atoms with Crippen molar-refractivity contribution in [1.29, 1.82) is 0 Å². The van der Waals surface area contributed by atoms with Crippen LogP contribution in [0.1, 0.15) is 12.8 Å². The van der Waals surface area contributed by atoms with E-state index in [1.807, 2.05) is 18.0 Å². The standard InChI is InChI=1S/C11H17N3O2/c1-14(7-3-4-11(15)16-2)10-6-5-9(12)8-13-10/h5-6,8H,3-4,7,12H2,1-2H3. The molecule has 0 aromatic carbocycles. The van der Waals surface area contributed by atoms with Gasteiger partial charge in [0.2, 0.25) is 0 Å². The molecule has 16 heavy (non-hydrogen) atoms. The van der Waals surface area contributed by atoms with Crippen LogP contribution in [0.5, 0.6) is 0 Å². The normalized spacial score (nSPS) is 9.88. The largest absolute Gasteiger partial charge is 0.469 e. The number of nitrogens with zero attached hydrogens (tertiary/aromatic N) is 2. The maximum atomic E-state index is 10.9. The van der Waals surface area contributed by atoms with Crippen LogP contribution < -0.4 is 10.6 Å². The molecule has 0 aliphatic heterocycles. The highest BCUT2D eigenvalue weighted by molar-refractivity contribution is 5.69. The molecule has 0 aliphatic rings. The third kappa shape index (κ3) is 3.76. The van der Waals surface area contributed by atoms with Crippen molar-refractivity contribution in [2.24, 2.45) is 0 Å². The Morgan fingerprint density at radius 1 is 1.56 bits per heavy atom. The second kappa shape index (κ2) is 5.95. The molecule has 2 N–H and O–H groups in total. The molecule has 0 saturated carbocycles. The topological polar surface area (TPSA) is 68.5 Å². The first kappa shape index (κ1) is 12.3. The van der Waals surface area contributed by atoms with Gasteiger partial charge in [-0.2, -0.15) is 0 Å². The van der Waals surface area contributed by atoms with Crippen molar-refractivity contribution in [3.05, 3.63) is 18.3 Å². The molecule has 1 rings (SSSR count). The van der Waals surface area contributed by atoms with Crippen molar-refractivity contribution in [3.8, 4) is 0 Å². The molecule has 5 heteroatoms. The lowest BCUT2D eigenvalue weighted by Gasteiger charge is -2.17. The number of nitrogen functional groups attached to an aromatic ring is 1. The van der Waals surface area contributed by atoms with Gasteiger partial charge in [0.05, 0.1) is 19.0 Å². The predicted molar refractivity (Wildman–Crippen MR) is 63.2 cm³/mol. The average molecular weight is 223 g/mol. The minimum absolute atomic E-state index is 0.182. The summed E-state index contributed by atoms with van der Waals surface area (Å²) in [6.07, 6.45) is 2.79. The Balaban J connectivity index is 2.37. The SMILES string of the molecule is COC(=O)CCCN(C)c1ccc(N)cn1. The van der Waals surface area contributed by atoms with E-state index in [9.17, 15) is 4.79 Å². The van der Waals surface area contributed by atoms with Crippen molar-refractivity contribution in [1.82, 2.24) is 4.98 Å². The molecule has 5 nitrogen and oxygen atoms in total. The number of hydrogen-bond donors (Lipinski definition) is 1. The fraction of sp³-hybridized carbons (Fsp3) is 0.455. The van der Waals surface area contributed by atoms with Crippen LogP contribution in [0.2, 0.25) is 0 Å². The van der Waals surface area contributed by atoms with E-state index in [1.165, 1.54) is 7.11 Å². The summed E-state index contributed by atoms with van der Waals surface area (Å²) in [6, 6.07) is 3.66. The molecule has 1 heterocycles. The zero-order valence-corrected chi connectivity index (χ0v) is 9.64. The van der Waals surface area contributed by atoms with Crippen LogP contribution in [0.25, 0.3) is 0 Å². The van der Waals surface area contributed by atoms with E-state index in [1.54, 1.807) is 12.3 Å². The first-order valence-corrected chi connectivity index (χ1v) is 5.13. The zero-order chi connectivity index (χ0) is 12.0. The Morgan fingerprint density at radius 3 is 2.88 bits per heavy atom. The number of nitrogens with two attached hydrogens (primary N) is 1. The smallest absolute Gasteiger partial charge is 0.305 e. The summed E-state index contributed by atoms with van der Waals surface area (Å²) in [5.41, 5.74) is 6.19. The summed E-state index contributed by atoms with van der Waals surface area (Å²) in [4.78, 5) is 17.1. The number of pyridine rings is 1. The van der Waals surface area contributed by atoms with Crippen molar-refractivity contribution in [3.63, 3.8) is 0 Å². The van der Waals surface area contributed by atoms with Gasteiger partial charge in [-0.25, -0.2) is 4.98 Å². The summed E-state index contributed by atoms with van der Waals surface area (Å²) in [6.45, 7) is 0.756. The molecular weight excluding hydrogens is 206 g/mol. The van der Waals surface area contributed by atoms with Crippen LogP contribution in [-0.2, 0) is 9.53 Å². The van der Waals surface area contributed by atoms with E-state index in [-0.39, 0.29) is 5.97 Å². The Morgan fingerprint density at radius 2 is 2.31 bits per heavy atom.